The molecule has 3 aliphatic rings. The van der Waals surface area contributed by atoms with Crippen LogP contribution in [0.5, 0.6) is 0 Å². The Kier molecular flexibility index (Phi) is 8.12. The van der Waals surface area contributed by atoms with Gasteiger partial charge in [-0.3, -0.25) is 0 Å². The Morgan fingerprint density at radius 3 is 1.48 bits per heavy atom. The van der Waals surface area contributed by atoms with E-state index >= 15 is 0 Å². The molecular weight excluding hydrogens is 779 g/mol. The van der Waals surface area contributed by atoms with Crippen LogP contribution in [-0.2, 0) is 5.41 Å². The molecule has 2 aliphatic heterocycles. The lowest BCUT2D eigenvalue weighted by Gasteiger charge is -2.34. The number of hydrogen-bond acceptors (Lipinski definition) is 1. The fraction of sp³-hybridized carbons (Fsp3) is 0.0847. The van der Waals surface area contributed by atoms with Crippen molar-refractivity contribution in [3.8, 4) is 33.4 Å². The van der Waals surface area contributed by atoms with Crippen LogP contribution in [0.25, 0.3) is 33.4 Å². The summed E-state index contributed by atoms with van der Waals surface area (Å²) in [4.78, 5) is 2.57. The van der Waals surface area contributed by atoms with Crippen LogP contribution < -0.4 is 41.2 Å². The highest BCUT2D eigenvalue weighted by molar-refractivity contribution is 7.22. The Balaban J connectivity index is 1.12. The number of benzene rings is 9. The van der Waals surface area contributed by atoms with Gasteiger partial charge in [0.05, 0.1) is 0 Å². The molecule has 0 aromatic heterocycles. The highest BCUT2D eigenvalue weighted by Crippen LogP contribution is 2.50. The van der Waals surface area contributed by atoms with Gasteiger partial charge in [-0.25, -0.2) is 0 Å². The molecular formula is C59H47NSi2. The van der Waals surface area contributed by atoms with Crippen LogP contribution in [0.2, 0.25) is 6.55 Å². The van der Waals surface area contributed by atoms with Crippen LogP contribution >= 0.6 is 0 Å². The van der Waals surface area contributed by atoms with E-state index in [9.17, 15) is 0 Å². The quantitative estimate of drug-likeness (QED) is 0.151. The summed E-state index contributed by atoms with van der Waals surface area (Å²) in [5, 5.41) is 10.2. The standard InChI is InChI=1S/C59H47NSi2/c1-40-35-43(38-46(36-40)62(44-20-6-5-7-21-44)57-31-16-11-26-51(57)52-27-12-17-32-58(52)62)60(42-33-34-48-47-23-8-13-28-53(47)59(2,3)54(48)39-42)41-19-18-22-45(37-41)61(4)55-29-14-9-24-49(55)50-25-10-15-30-56(50)61/h5-39H,1-4H3. The number of nitrogens with zero attached hydrogens (tertiary/aromatic N) is 1. The van der Waals surface area contributed by atoms with E-state index in [1.165, 1.54) is 103 Å². The second kappa shape index (κ2) is 13.6. The molecule has 0 fully saturated rings. The Morgan fingerprint density at radius 1 is 0.355 bits per heavy atom. The molecule has 9 aromatic rings. The number of anilines is 3. The highest BCUT2D eigenvalue weighted by atomic mass is 28.3. The van der Waals surface area contributed by atoms with Gasteiger partial charge in [0.25, 0.3) is 0 Å². The molecule has 296 valence electrons. The summed E-state index contributed by atoms with van der Waals surface area (Å²) < 4.78 is 0. The van der Waals surface area contributed by atoms with Crippen molar-refractivity contribution in [1.29, 1.82) is 0 Å². The molecule has 0 radical (unpaired) electrons. The lowest BCUT2D eigenvalue weighted by atomic mass is 9.82. The minimum absolute atomic E-state index is 0.133. The van der Waals surface area contributed by atoms with Gasteiger partial charge in [-0.15, -0.1) is 0 Å². The molecule has 0 saturated heterocycles. The van der Waals surface area contributed by atoms with Crippen molar-refractivity contribution in [3.05, 3.63) is 229 Å². The van der Waals surface area contributed by atoms with E-state index in [4.69, 9.17) is 0 Å². The van der Waals surface area contributed by atoms with Crippen molar-refractivity contribution in [1.82, 2.24) is 0 Å². The van der Waals surface area contributed by atoms with Gasteiger partial charge in [0, 0.05) is 22.5 Å². The van der Waals surface area contributed by atoms with E-state index in [0.717, 1.165) is 0 Å². The van der Waals surface area contributed by atoms with Crippen LogP contribution in [0.4, 0.5) is 17.1 Å². The van der Waals surface area contributed by atoms with Crippen molar-refractivity contribution in [2.75, 3.05) is 4.90 Å². The zero-order valence-electron chi connectivity index (χ0n) is 35.7. The normalized spacial score (nSPS) is 15.2. The topological polar surface area (TPSA) is 3.24 Å². The van der Waals surface area contributed by atoms with Gasteiger partial charge >= 0.3 is 0 Å². The molecule has 1 aliphatic carbocycles. The van der Waals surface area contributed by atoms with Crippen molar-refractivity contribution in [2.45, 2.75) is 32.7 Å². The average Bonchev–Trinajstić information content (AvgIpc) is 3.86. The summed E-state index contributed by atoms with van der Waals surface area (Å²) >= 11 is 0. The van der Waals surface area contributed by atoms with E-state index in [2.05, 4.69) is 245 Å². The fourth-order valence-corrected chi connectivity index (χ4v) is 21.3. The Labute approximate surface area is 367 Å². The van der Waals surface area contributed by atoms with Crippen LogP contribution in [0.15, 0.2) is 212 Å². The Hall–Kier alpha value is -6.79. The number of hydrogen-bond donors (Lipinski definition) is 0. The predicted octanol–water partition coefficient (Wildman–Crippen LogP) is 10.2. The van der Waals surface area contributed by atoms with E-state index in [0.29, 0.717) is 0 Å². The lowest BCUT2D eigenvalue weighted by Crippen LogP contribution is -2.72. The highest BCUT2D eigenvalue weighted by Gasteiger charge is 2.49. The third-order valence-electron chi connectivity index (χ3n) is 14.6. The van der Waals surface area contributed by atoms with Crippen molar-refractivity contribution < 1.29 is 0 Å². The van der Waals surface area contributed by atoms with Crippen LogP contribution in [0.1, 0.15) is 30.5 Å². The van der Waals surface area contributed by atoms with E-state index < -0.39 is 16.1 Å². The first-order valence-electron chi connectivity index (χ1n) is 22.0. The van der Waals surface area contributed by atoms with Gasteiger partial charge in [-0.05, 0) is 130 Å². The molecule has 1 nitrogen and oxygen atoms in total. The summed E-state index contributed by atoms with van der Waals surface area (Å²) in [6.07, 6.45) is 0. The third-order valence-corrected chi connectivity index (χ3v) is 24.0. The van der Waals surface area contributed by atoms with E-state index in [1.807, 2.05) is 0 Å². The molecule has 0 atom stereocenters. The number of aryl methyl sites for hydroxylation is 1. The summed E-state index contributed by atoms with van der Waals surface area (Å²) in [5.74, 6) is 0. The van der Waals surface area contributed by atoms with Gasteiger partial charge in [0.2, 0.25) is 0 Å². The zero-order chi connectivity index (χ0) is 41.8. The summed E-state index contributed by atoms with van der Waals surface area (Å²) in [5.41, 5.74) is 15.6. The Bertz CT molecular complexity index is 3180. The monoisotopic (exact) mass is 825 g/mol. The van der Waals surface area contributed by atoms with Gasteiger partial charge in [0.1, 0.15) is 8.07 Å². The largest absolute Gasteiger partial charge is 0.310 e. The second-order valence-electron chi connectivity index (χ2n) is 18.3. The summed E-state index contributed by atoms with van der Waals surface area (Å²) in [6, 6.07) is 81.4. The maximum atomic E-state index is 2.57. The first-order chi connectivity index (χ1) is 30.3. The molecule has 0 unspecified atom stereocenters. The summed E-state index contributed by atoms with van der Waals surface area (Å²) in [7, 11) is -5.13. The maximum absolute atomic E-state index is 2.76. The molecule has 12 rings (SSSR count). The first-order valence-corrected chi connectivity index (χ1v) is 26.5. The smallest absolute Gasteiger partial charge is 0.180 e. The first kappa shape index (κ1) is 37.0. The van der Waals surface area contributed by atoms with Crippen LogP contribution in [-0.4, -0.2) is 16.1 Å². The van der Waals surface area contributed by atoms with Gasteiger partial charge in [0.15, 0.2) is 8.07 Å². The van der Waals surface area contributed by atoms with E-state index in [1.54, 1.807) is 0 Å². The van der Waals surface area contributed by atoms with Gasteiger partial charge < -0.3 is 4.90 Å². The number of rotatable bonds is 6. The number of fused-ring (bicyclic) bond motifs is 9. The van der Waals surface area contributed by atoms with Crippen LogP contribution in [0.3, 0.4) is 0 Å². The molecule has 0 N–H and O–H groups in total. The molecule has 0 spiro atoms. The molecule has 9 aromatic carbocycles. The minimum Gasteiger partial charge on any atom is -0.310 e. The Morgan fingerprint density at radius 2 is 0.839 bits per heavy atom. The molecule has 0 saturated carbocycles. The molecule has 62 heavy (non-hydrogen) atoms. The third kappa shape index (κ3) is 5.07. The molecule has 0 amide bonds. The summed E-state index contributed by atoms with van der Waals surface area (Å²) in [6.45, 7) is 9.64. The molecule has 3 heteroatoms. The van der Waals surface area contributed by atoms with E-state index in [-0.39, 0.29) is 5.41 Å². The minimum atomic E-state index is -2.76. The van der Waals surface area contributed by atoms with Gasteiger partial charge in [-0.2, -0.15) is 0 Å². The molecule has 2 heterocycles. The van der Waals surface area contributed by atoms with Crippen molar-refractivity contribution in [3.63, 3.8) is 0 Å². The molecule has 0 bridgehead atoms. The average molecular weight is 826 g/mol. The SMILES string of the molecule is Cc1cc(N(c2cccc([Si]3(C)c4ccccc4-c4ccccc43)c2)c2ccc3c(c2)C(C)(C)c2ccccc2-3)cc([Si]2(c3ccccc3)c3ccccc3-c3ccccc32)c1. The van der Waals surface area contributed by atoms with Crippen molar-refractivity contribution >= 4 is 69.5 Å². The zero-order valence-corrected chi connectivity index (χ0v) is 37.7. The van der Waals surface area contributed by atoms with Crippen molar-refractivity contribution in [2.24, 2.45) is 0 Å². The van der Waals surface area contributed by atoms with Crippen LogP contribution in [0, 0.1) is 6.92 Å². The fourth-order valence-electron chi connectivity index (χ4n) is 11.8. The second-order valence-corrected chi connectivity index (χ2v) is 25.9. The van der Waals surface area contributed by atoms with Gasteiger partial charge in [-0.1, -0.05) is 196 Å². The predicted molar refractivity (Wildman–Crippen MR) is 268 cm³/mol. The lowest BCUT2D eigenvalue weighted by molar-refractivity contribution is 0.660. The maximum Gasteiger partial charge on any atom is 0.180 e.